The van der Waals surface area contributed by atoms with Crippen LogP contribution in [0.1, 0.15) is 17.3 Å². The van der Waals surface area contributed by atoms with Gasteiger partial charge in [-0.25, -0.2) is 4.39 Å². The summed E-state index contributed by atoms with van der Waals surface area (Å²) in [6.45, 7) is 2.29. The summed E-state index contributed by atoms with van der Waals surface area (Å²) in [5.41, 5.74) is 0.759. The van der Waals surface area contributed by atoms with Gasteiger partial charge in [-0.3, -0.25) is 4.79 Å². The van der Waals surface area contributed by atoms with Gasteiger partial charge in [0, 0.05) is 0 Å². The lowest BCUT2D eigenvalue weighted by molar-refractivity contribution is 0.0957. The minimum atomic E-state index is -0.505. The van der Waals surface area contributed by atoms with E-state index in [1.54, 1.807) is 23.1 Å². The summed E-state index contributed by atoms with van der Waals surface area (Å²) in [5, 5.41) is 0. The van der Waals surface area contributed by atoms with E-state index in [1.165, 1.54) is 12.1 Å². The lowest BCUT2D eigenvalue weighted by Crippen LogP contribution is -2.42. The molecule has 3 nitrogen and oxygen atoms in total. The van der Waals surface area contributed by atoms with Crippen LogP contribution in [-0.4, -0.2) is 18.6 Å². The summed E-state index contributed by atoms with van der Waals surface area (Å²) in [5.74, 6) is -0.198. The van der Waals surface area contributed by atoms with Crippen LogP contribution in [0.15, 0.2) is 48.5 Å². The van der Waals surface area contributed by atoms with Crippen LogP contribution in [-0.2, 0) is 0 Å². The van der Waals surface area contributed by atoms with E-state index in [-0.39, 0.29) is 17.6 Å². The highest BCUT2D eigenvalue weighted by atomic mass is 19.1. The highest BCUT2D eigenvalue weighted by Gasteiger charge is 2.29. The summed E-state index contributed by atoms with van der Waals surface area (Å²) in [4.78, 5) is 14.1. The molecule has 1 heterocycles. The van der Waals surface area contributed by atoms with Crippen molar-refractivity contribution in [1.29, 1.82) is 0 Å². The Morgan fingerprint density at radius 3 is 2.70 bits per heavy atom. The van der Waals surface area contributed by atoms with E-state index in [1.807, 2.05) is 25.1 Å². The maximum absolute atomic E-state index is 13.8. The number of benzene rings is 2. The van der Waals surface area contributed by atoms with Crippen LogP contribution < -0.4 is 9.64 Å². The first kappa shape index (κ1) is 12.7. The van der Waals surface area contributed by atoms with Crippen molar-refractivity contribution >= 4 is 11.6 Å². The van der Waals surface area contributed by atoms with Gasteiger partial charge in [-0.1, -0.05) is 24.3 Å². The molecule has 0 saturated carbocycles. The van der Waals surface area contributed by atoms with Crippen molar-refractivity contribution in [2.24, 2.45) is 0 Å². The molecule has 4 heteroatoms. The minimum Gasteiger partial charge on any atom is -0.487 e. The molecule has 2 aromatic rings. The molecule has 2 aromatic carbocycles. The number of hydrogen-bond acceptors (Lipinski definition) is 2. The van der Waals surface area contributed by atoms with Crippen LogP contribution in [0.25, 0.3) is 0 Å². The molecule has 1 aliphatic rings. The molecule has 0 aromatic heterocycles. The molecule has 0 fully saturated rings. The zero-order valence-corrected chi connectivity index (χ0v) is 11.0. The van der Waals surface area contributed by atoms with Gasteiger partial charge >= 0.3 is 0 Å². The molecule has 0 bridgehead atoms. The maximum atomic E-state index is 13.8. The first-order valence-corrected chi connectivity index (χ1v) is 6.49. The number of hydrogen-bond donors (Lipinski definition) is 0. The summed E-state index contributed by atoms with van der Waals surface area (Å²) >= 11 is 0. The molecule has 20 heavy (non-hydrogen) atoms. The van der Waals surface area contributed by atoms with E-state index >= 15 is 0 Å². The molecule has 0 saturated heterocycles. The molecule has 0 spiro atoms. The molecule has 0 N–H and O–H groups in total. The Kier molecular flexibility index (Phi) is 3.14. The first-order valence-electron chi connectivity index (χ1n) is 6.49. The Morgan fingerprint density at radius 2 is 1.90 bits per heavy atom. The summed E-state index contributed by atoms with van der Waals surface area (Å²) in [6.07, 6.45) is -0.124. The number of nitrogens with zero attached hydrogens (tertiary/aromatic N) is 1. The molecule has 0 aliphatic carbocycles. The standard InChI is InChI=1S/C16H14FNO2/c1-11-10-18(14-8-4-5-9-15(14)20-11)16(19)12-6-2-3-7-13(12)17/h2-9,11H,10H2,1H3/t11-/m1/s1. The fourth-order valence-electron chi connectivity index (χ4n) is 2.36. The number of carbonyl (C=O) groups is 1. The van der Waals surface area contributed by atoms with Gasteiger partial charge in [0.15, 0.2) is 0 Å². The van der Waals surface area contributed by atoms with Crippen molar-refractivity contribution in [1.82, 2.24) is 0 Å². The monoisotopic (exact) mass is 271 g/mol. The highest BCUT2D eigenvalue weighted by molar-refractivity contribution is 6.07. The normalized spacial score (nSPS) is 17.3. The summed E-state index contributed by atoms with van der Waals surface area (Å²) < 4.78 is 19.5. The number of para-hydroxylation sites is 2. The Hall–Kier alpha value is -2.36. The maximum Gasteiger partial charge on any atom is 0.261 e. The number of amides is 1. The van der Waals surface area contributed by atoms with Crippen molar-refractivity contribution in [3.05, 3.63) is 59.9 Å². The molecular weight excluding hydrogens is 257 g/mol. The van der Waals surface area contributed by atoms with E-state index in [0.717, 1.165) is 0 Å². The Morgan fingerprint density at radius 1 is 1.20 bits per heavy atom. The molecule has 0 radical (unpaired) electrons. The third-order valence-corrected chi connectivity index (χ3v) is 3.27. The van der Waals surface area contributed by atoms with Gasteiger partial charge in [-0.15, -0.1) is 0 Å². The lowest BCUT2D eigenvalue weighted by atomic mass is 10.1. The fraction of sp³-hybridized carbons (Fsp3) is 0.188. The third-order valence-electron chi connectivity index (χ3n) is 3.27. The van der Waals surface area contributed by atoms with Crippen molar-refractivity contribution in [2.75, 3.05) is 11.4 Å². The Labute approximate surface area is 116 Å². The van der Waals surface area contributed by atoms with Gasteiger partial charge in [0.25, 0.3) is 5.91 Å². The van der Waals surface area contributed by atoms with Crippen LogP contribution in [0, 0.1) is 5.82 Å². The van der Waals surface area contributed by atoms with Crippen molar-refractivity contribution in [2.45, 2.75) is 13.0 Å². The minimum absolute atomic E-state index is 0.0800. The van der Waals surface area contributed by atoms with Crippen LogP contribution in [0.5, 0.6) is 5.75 Å². The second-order valence-electron chi connectivity index (χ2n) is 4.79. The van der Waals surface area contributed by atoms with Crippen molar-refractivity contribution in [3.8, 4) is 5.75 Å². The zero-order valence-electron chi connectivity index (χ0n) is 11.0. The predicted molar refractivity (Wildman–Crippen MR) is 74.6 cm³/mol. The van der Waals surface area contributed by atoms with Crippen molar-refractivity contribution in [3.63, 3.8) is 0 Å². The molecular formula is C16H14FNO2. The second-order valence-corrected chi connectivity index (χ2v) is 4.79. The largest absolute Gasteiger partial charge is 0.487 e. The van der Waals surface area contributed by atoms with E-state index in [4.69, 9.17) is 4.74 Å². The summed E-state index contributed by atoms with van der Waals surface area (Å²) in [7, 11) is 0. The lowest BCUT2D eigenvalue weighted by Gasteiger charge is -2.33. The molecule has 102 valence electrons. The Balaban J connectivity index is 2.02. The smallest absolute Gasteiger partial charge is 0.261 e. The average Bonchev–Trinajstić information content (AvgIpc) is 2.46. The van der Waals surface area contributed by atoms with Gasteiger partial charge in [0.1, 0.15) is 17.7 Å². The number of halogens is 1. The number of ether oxygens (including phenoxy) is 1. The number of anilines is 1. The van der Waals surface area contributed by atoms with E-state index in [0.29, 0.717) is 18.0 Å². The van der Waals surface area contributed by atoms with Crippen LogP contribution in [0.3, 0.4) is 0 Å². The average molecular weight is 271 g/mol. The molecule has 1 aliphatic heterocycles. The molecule has 0 unspecified atom stereocenters. The van der Waals surface area contributed by atoms with Crippen LogP contribution >= 0.6 is 0 Å². The second kappa shape index (κ2) is 4.96. The fourth-order valence-corrected chi connectivity index (χ4v) is 2.36. The predicted octanol–water partition coefficient (Wildman–Crippen LogP) is 3.25. The Bertz CT molecular complexity index is 656. The SMILES string of the molecule is C[C@@H]1CN(C(=O)c2ccccc2F)c2ccccc2O1. The third kappa shape index (κ3) is 2.13. The van der Waals surface area contributed by atoms with E-state index in [2.05, 4.69) is 0 Å². The van der Waals surface area contributed by atoms with Gasteiger partial charge in [0.05, 0.1) is 17.8 Å². The number of rotatable bonds is 1. The van der Waals surface area contributed by atoms with Crippen LogP contribution in [0.4, 0.5) is 10.1 Å². The summed E-state index contributed by atoms with van der Waals surface area (Å²) in [6, 6.07) is 13.3. The molecule has 1 atom stereocenters. The van der Waals surface area contributed by atoms with Gasteiger partial charge in [0.2, 0.25) is 0 Å². The van der Waals surface area contributed by atoms with Gasteiger partial charge < -0.3 is 9.64 Å². The first-order chi connectivity index (χ1) is 9.66. The van der Waals surface area contributed by atoms with Gasteiger partial charge in [-0.2, -0.15) is 0 Å². The zero-order chi connectivity index (χ0) is 14.1. The topological polar surface area (TPSA) is 29.5 Å². The molecule has 3 rings (SSSR count). The van der Waals surface area contributed by atoms with E-state index in [9.17, 15) is 9.18 Å². The quantitative estimate of drug-likeness (QED) is 0.796. The van der Waals surface area contributed by atoms with Gasteiger partial charge in [-0.05, 0) is 31.2 Å². The highest BCUT2D eigenvalue weighted by Crippen LogP contribution is 2.34. The number of carbonyl (C=O) groups excluding carboxylic acids is 1. The number of fused-ring (bicyclic) bond motifs is 1. The van der Waals surface area contributed by atoms with E-state index < -0.39 is 5.82 Å². The van der Waals surface area contributed by atoms with Crippen molar-refractivity contribution < 1.29 is 13.9 Å². The molecule has 1 amide bonds. The van der Waals surface area contributed by atoms with Crippen LogP contribution in [0.2, 0.25) is 0 Å².